The number of ether oxygens (including phenoxy) is 1. The molecule has 7 nitrogen and oxygen atoms in total. The highest BCUT2D eigenvalue weighted by molar-refractivity contribution is 7.92. The molecule has 0 aliphatic heterocycles. The lowest BCUT2D eigenvalue weighted by Gasteiger charge is -2.19. The van der Waals surface area contributed by atoms with Gasteiger partial charge in [-0.1, -0.05) is 26.0 Å². The SMILES string of the molecule is CC(C)COc1nc(C(F)(F)Cl)ccc1CNC(=O)C(C)c1cccc(F)c1NS(C)(=O)=O. The Hall–Kier alpha value is -2.53. The summed E-state index contributed by atoms with van der Waals surface area (Å²) < 4.78 is 71.9. The monoisotopic (exact) mass is 507 g/mol. The van der Waals surface area contributed by atoms with E-state index in [-0.39, 0.29) is 36.2 Å². The minimum absolute atomic E-state index is 0.0863. The maximum Gasteiger partial charge on any atom is 0.364 e. The molecule has 2 aromatic rings. The van der Waals surface area contributed by atoms with Crippen LogP contribution in [0.2, 0.25) is 0 Å². The van der Waals surface area contributed by atoms with E-state index in [9.17, 15) is 26.4 Å². The molecule has 1 unspecified atom stereocenters. The Morgan fingerprint density at radius 2 is 1.88 bits per heavy atom. The average Bonchev–Trinajstić information content (AvgIpc) is 2.70. The van der Waals surface area contributed by atoms with E-state index < -0.39 is 38.7 Å². The van der Waals surface area contributed by atoms with Crippen molar-refractivity contribution in [2.24, 2.45) is 5.92 Å². The highest BCUT2D eigenvalue weighted by Gasteiger charge is 2.31. The third-order valence-corrected chi connectivity index (χ3v) is 5.20. The lowest BCUT2D eigenvalue weighted by atomic mass is 9.98. The Balaban J connectivity index is 2.24. The van der Waals surface area contributed by atoms with Gasteiger partial charge < -0.3 is 10.1 Å². The average molecular weight is 508 g/mol. The van der Waals surface area contributed by atoms with Crippen LogP contribution >= 0.6 is 11.6 Å². The number of anilines is 1. The number of benzene rings is 1. The number of nitrogens with zero attached hydrogens (tertiary/aromatic N) is 1. The number of alkyl halides is 3. The molecule has 1 aromatic carbocycles. The molecule has 1 heterocycles. The number of para-hydroxylation sites is 1. The number of pyridine rings is 1. The van der Waals surface area contributed by atoms with Gasteiger partial charge in [0.25, 0.3) is 0 Å². The first-order chi connectivity index (χ1) is 15.2. The van der Waals surface area contributed by atoms with E-state index in [1.54, 1.807) is 0 Å². The number of sulfonamides is 1. The van der Waals surface area contributed by atoms with Gasteiger partial charge in [0.2, 0.25) is 21.8 Å². The number of halogens is 4. The maximum absolute atomic E-state index is 14.2. The number of carbonyl (C=O) groups is 1. The van der Waals surface area contributed by atoms with E-state index in [0.717, 1.165) is 18.4 Å². The van der Waals surface area contributed by atoms with Crippen LogP contribution in [0, 0.1) is 11.7 Å². The van der Waals surface area contributed by atoms with Crippen molar-refractivity contribution in [1.82, 2.24) is 10.3 Å². The molecule has 12 heteroatoms. The van der Waals surface area contributed by atoms with Gasteiger partial charge in [-0.3, -0.25) is 9.52 Å². The standard InChI is InChI=1S/C21H25ClF3N3O4S/c1-12(2)11-32-20-14(8-9-17(27-20)21(22,24)25)10-26-19(29)13(3)15-6-5-7-16(23)18(15)28-33(4,30)31/h5-9,12-13,28H,10-11H2,1-4H3,(H,26,29). The highest BCUT2D eigenvalue weighted by Crippen LogP contribution is 2.33. The Morgan fingerprint density at radius 3 is 2.45 bits per heavy atom. The third-order valence-electron chi connectivity index (χ3n) is 4.43. The van der Waals surface area contributed by atoms with E-state index in [1.807, 2.05) is 13.8 Å². The second kappa shape index (κ2) is 10.6. The van der Waals surface area contributed by atoms with Gasteiger partial charge in [0.05, 0.1) is 24.5 Å². The Bertz CT molecular complexity index is 1110. The Morgan fingerprint density at radius 1 is 1.21 bits per heavy atom. The zero-order chi connectivity index (χ0) is 25.0. The quantitative estimate of drug-likeness (QED) is 0.466. The molecular formula is C21H25ClF3N3O4S. The molecule has 0 saturated heterocycles. The zero-order valence-electron chi connectivity index (χ0n) is 18.5. The number of hydrogen-bond acceptors (Lipinski definition) is 5. The summed E-state index contributed by atoms with van der Waals surface area (Å²) in [6.07, 6.45) is 0.869. The summed E-state index contributed by atoms with van der Waals surface area (Å²) in [5.74, 6) is -2.34. The van der Waals surface area contributed by atoms with Crippen LogP contribution < -0.4 is 14.8 Å². The normalized spacial score (nSPS) is 13.0. The first kappa shape index (κ1) is 26.7. The molecule has 0 fully saturated rings. The van der Waals surface area contributed by atoms with Gasteiger partial charge in [0, 0.05) is 12.1 Å². The lowest BCUT2D eigenvalue weighted by Crippen LogP contribution is -2.29. The molecule has 0 spiro atoms. The van der Waals surface area contributed by atoms with Crippen molar-refractivity contribution in [3.05, 3.63) is 53.0 Å². The van der Waals surface area contributed by atoms with Gasteiger partial charge in [0.1, 0.15) is 11.5 Å². The number of amides is 1. The minimum Gasteiger partial charge on any atom is -0.477 e. The summed E-state index contributed by atoms with van der Waals surface area (Å²) >= 11 is 5.06. The number of rotatable bonds is 10. The fourth-order valence-corrected chi connectivity index (χ4v) is 3.50. The summed E-state index contributed by atoms with van der Waals surface area (Å²) in [5.41, 5.74) is -0.555. The molecule has 1 amide bonds. The molecule has 182 valence electrons. The van der Waals surface area contributed by atoms with E-state index in [4.69, 9.17) is 16.3 Å². The summed E-state index contributed by atoms with van der Waals surface area (Å²) in [5, 5.41) is -1.07. The van der Waals surface area contributed by atoms with E-state index >= 15 is 0 Å². The molecule has 0 aliphatic carbocycles. The van der Waals surface area contributed by atoms with Gasteiger partial charge >= 0.3 is 5.38 Å². The molecule has 0 aliphatic rings. The molecular weight excluding hydrogens is 483 g/mol. The van der Waals surface area contributed by atoms with Crippen molar-refractivity contribution in [3.8, 4) is 5.88 Å². The number of nitrogens with one attached hydrogen (secondary N) is 2. The zero-order valence-corrected chi connectivity index (χ0v) is 20.0. The van der Waals surface area contributed by atoms with Crippen molar-refractivity contribution in [1.29, 1.82) is 0 Å². The van der Waals surface area contributed by atoms with E-state index in [0.29, 0.717) is 5.56 Å². The first-order valence-corrected chi connectivity index (χ1v) is 12.2. The number of aromatic nitrogens is 1. The van der Waals surface area contributed by atoms with Crippen LogP contribution in [0.4, 0.5) is 18.9 Å². The van der Waals surface area contributed by atoms with Crippen molar-refractivity contribution in [2.45, 2.75) is 38.6 Å². The van der Waals surface area contributed by atoms with Crippen molar-refractivity contribution in [2.75, 3.05) is 17.6 Å². The predicted molar refractivity (Wildman–Crippen MR) is 119 cm³/mol. The topological polar surface area (TPSA) is 97.4 Å². The van der Waals surface area contributed by atoms with Crippen LogP contribution in [-0.2, 0) is 26.7 Å². The van der Waals surface area contributed by atoms with Crippen molar-refractivity contribution in [3.63, 3.8) is 0 Å². The van der Waals surface area contributed by atoms with Gasteiger partial charge in [-0.2, -0.15) is 8.78 Å². The molecule has 0 radical (unpaired) electrons. The second-order valence-electron chi connectivity index (χ2n) is 7.88. The van der Waals surface area contributed by atoms with Crippen LogP contribution in [0.5, 0.6) is 5.88 Å². The lowest BCUT2D eigenvalue weighted by molar-refractivity contribution is -0.122. The molecule has 2 rings (SSSR count). The number of carbonyl (C=O) groups excluding carboxylic acids is 1. The molecule has 1 aromatic heterocycles. The van der Waals surface area contributed by atoms with E-state index in [2.05, 4.69) is 15.0 Å². The van der Waals surface area contributed by atoms with Gasteiger partial charge in [-0.25, -0.2) is 17.8 Å². The summed E-state index contributed by atoms with van der Waals surface area (Å²) in [4.78, 5) is 16.5. The predicted octanol–water partition coefficient (Wildman–Crippen LogP) is 4.34. The van der Waals surface area contributed by atoms with E-state index in [1.165, 1.54) is 25.1 Å². The summed E-state index contributed by atoms with van der Waals surface area (Å²) in [7, 11) is -3.79. The van der Waals surface area contributed by atoms with Crippen LogP contribution in [0.25, 0.3) is 0 Å². The van der Waals surface area contributed by atoms with Crippen LogP contribution in [0.3, 0.4) is 0 Å². The molecule has 0 saturated carbocycles. The van der Waals surface area contributed by atoms with Crippen LogP contribution in [-0.4, -0.2) is 32.2 Å². The maximum atomic E-state index is 14.2. The van der Waals surface area contributed by atoms with Crippen LogP contribution in [0.1, 0.15) is 43.5 Å². The fraction of sp³-hybridized carbons (Fsp3) is 0.429. The molecule has 2 N–H and O–H groups in total. The van der Waals surface area contributed by atoms with Crippen LogP contribution in [0.15, 0.2) is 30.3 Å². The van der Waals surface area contributed by atoms with Crippen molar-refractivity contribution >= 4 is 33.2 Å². The largest absolute Gasteiger partial charge is 0.477 e. The third kappa shape index (κ3) is 7.78. The van der Waals surface area contributed by atoms with Crippen molar-refractivity contribution < 1.29 is 31.1 Å². The fourth-order valence-electron chi connectivity index (χ4n) is 2.80. The minimum atomic E-state index is -3.79. The summed E-state index contributed by atoms with van der Waals surface area (Å²) in [6.45, 7) is 5.28. The molecule has 33 heavy (non-hydrogen) atoms. The summed E-state index contributed by atoms with van der Waals surface area (Å²) in [6, 6.07) is 6.20. The smallest absolute Gasteiger partial charge is 0.364 e. The van der Waals surface area contributed by atoms with Gasteiger partial charge in [-0.15, -0.1) is 0 Å². The second-order valence-corrected chi connectivity index (χ2v) is 10.1. The first-order valence-electron chi connectivity index (χ1n) is 9.93. The Kier molecular flexibility index (Phi) is 8.58. The van der Waals surface area contributed by atoms with Gasteiger partial charge in [-0.05, 0) is 48.2 Å². The Labute approximate surface area is 195 Å². The number of hydrogen-bond donors (Lipinski definition) is 2. The molecule has 1 atom stereocenters. The highest BCUT2D eigenvalue weighted by atomic mass is 35.5. The van der Waals surface area contributed by atoms with Gasteiger partial charge in [0.15, 0.2) is 0 Å². The molecule has 0 bridgehead atoms.